The van der Waals surface area contributed by atoms with E-state index >= 15 is 0 Å². The monoisotopic (exact) mass is 308 g/mol. The largest absolute Gasteiger partial charge is 0.352 e. The van der Waals surface area contributed by atoms with Crippen LogP contribution in [0.3, 0.4) is 0 Å². The van der Waals surface area contributed by atoms with Crippen molar-refractivity contribution < 1.29 is 0 Å². The zero-order valence-electron chi connectivity index (χ0n) is 10.7. The van der Waals surface area contributed by atoms with Gasteiger partial charge in [0.1, 0.15) is 0 Å². The molecule has 3 rings (SSSR count). The predicted molar refractivity (Wildman–Crippen MR) is 75.7 cm³/mol. The van der Waals surface area contributed by atoms with E-state index in [2.05, 4.69) is 45.2 Å². The van der Waals surface area contributed by atoms with Crippen molar-refractivity contribution in [3.8, 4) is 0 Å². The van der Waals surface area contributed by atoms with Gasteiger partial charge in [0.25, 0.3) is 0 Å². The lowest BCUT2D eigenvalue weighted by atomic mass is 9.92. The molecule has 1 fully saturated rings. The first kappa shape index (κ1) is 12.0. The van der Waals surface area contributed by atoms with E-state index in [-0.39, 0.29) is 0 Å². The van der Waals surface area contributed by atoms with Gasteiger partial charge in [0.05, 0.1) is 4.47 Å². The number of fused-ring (bicyclic) bond motifs is 1. The number of anilines is 1. The topological polar surface area (TPSA) is 42.2 Å². The third kappa shape index (κ3) is 2.00. The Morgan fingerprint density at radius 3 is 2.89 bits per heavy atom. The summed E-state index contributed by atoms with van der Waals surface area (Å²) in [5.41, 5.74) is 1.32. The quantitative estimate of drug-likeness (QED) is 0.942. The molecule has 2 aromatic heterocycles. The van der Waals surface area contributed by atoms with Crippen molar-refractivity contribution in [1.29, 1.82) is 0 Å². The Morgan fingerprint density at radius 1 is 1.50 bits per heavy atom. The average Bonchev–Trinajstić information content (AvgIpc) is 3.01. The Hall–Kier alpha value is -1.10. The SMILES string of the molecule is CC(C)C1(CNc2nc3c(Br)cccn3n2)CC1. The van der Waals surface area contributed by atoms with Crippen LogP contribution in [0.25, 0.3) is 5.65 Å². The van der Waals surface area contributed by atoms with Crippen molar-refractivity contribution in [2.45, 2.75) is 26.7 Å². The second kappa shape index (κ2) is 4.23. The van der Waals surface area contributed by atoms with Crippen molar-refractivity contribution in [3.63, 3.8) is 0 Å². The molecule has 0 aromatic carbocycles. The minimum atomic E-state index is 0.467. The van der Waals surface area contributed by atoms with Crippen LogP contribution < -0.4 is 5.32 Å². The lowest BCUT2D eigenvalue weighted by Crippen LogP contribution is -2.21. The van der Waals surface area contributed by atoms with Crippen molar-refractivity contribution in [2.75, 3.05) is 11.9 Å². The van der Waals surface area contributed by atoms with Crippen LogP contribution in [-0.2, 0) is 0 Å². The number of halogens is 1. The maximum absolute atomic E-state index is 4.50. The minimum Gasteiger partial charge on any atom is -0.352 e. The van der Waals surface area contributed by atoms with E-state index < -0.39 is 0 Å². The lowest BCUT2D eigenvalue weighted by molar-refractivity contribution is 0.379. The Labute approximate surface area is 115 Å². The van der Waals surface area contributed by atoms with Gasteiger partial charge in [-0.1, -0.05) is 13.8 Å². The highest BCUT2D eigenvalue weighted by molar-refractivity contribution is 9.10. The first-order valence-electron chi connectivity index (χ1n) is 6.35. The maximum Gasteiger partial charge on any atom is 0.243 e. The molecule has 18 heavy (non-hydrogen) atoms. The molecular weight excluding hydrogens is 292 g/mol. The number of hydrogen-bond donors (Lipinski definition) is 1. The van der Waals surface area contributed by atoms with E-state index in [1.54, 1.807) is 4.52 Å². The van der Waals surface area contributed by atoms with Crippen LogP contribution in [0.1, 0.15) is 26.7 Å². The zero-order valence-corrected chi connectivity index (χ0v) is 12.2. The van der Waals surface area contributed by atoms with Gasteiger partial charge in [0, 0.05) is 12.7 Å². The van der Waals surface area contributed by atoms with Crippen LogP contribution in [0.15, 0.2) is 22.8 Å². The Kier molecular flexibility index (Phi) is 2.81. The molecule has 96 valence electrons. The first-order valence-corrected chi connectivity index (χ1v) is 7.15. The van der Waals surface area contributed by atoms with Crippen molar-refractivity contribution in [3.05, 3.63) is 22.8 Å². The van der Waals surface area contributed by atoms with Crippen molar-refractivity contribution in [2.24, 2.45) is 11.3 Å². The highest BCUT2D eigenvalue weighted by Crippen LogP contribution is 2.51. The van der Waals surface area contributed by atoms with Gasteiger partial charge in [0.2, 0.25) is 5.95 Å². The molecule has 0 atom stereocenters. The summed E-state index contributed by atoms with van der Waals surface area (Å²) in [4.78, 5) is 4.50. The molecule has 1 aliphatic carbocycles. The third-order valence-corrected chi connectivity index (χ3v) is 4.65. The Morgan fingerprint density at radius 2 is 2.28 bits per heavy atom. The summed E-state index contributed by atoms with van der Waals surface area (Å²) in [6.07, 6.45) is 4.54. The van der Waals surface area contributed by atoms with Gasteiger partial charge < -0.3 is 5.32 Å². The molecule has 1 N–H and O–H groups in total. The summed E-state index contributed by atoms with van der Waals surface area (Å²) in [5, 5.41) is 7.81. The second-order valence-electron chi connectivity index (χ2n) is 5.43. The maximum atomic E-state index is 4.50. The summed E-state index contributed by atoms with van der Waals surface area (Å²) < 4.78 is 2.76. The molecule has 5 heteroatoms. The molecular formula is C13H17BrN4. The molecule has 0 spiro atoms. The van der Waals surface area contributed by atoms with Crippen LogP contribution >= 0.6 is 15.9 Å². The molecule has 1 saturated carbocycles. The van der Waals surface area contributed by atoms with Gasteiger partial charge >= 0.3 is 0 Å². The van der Waals surface area contributed by atoms with Gasteiger partial charge in [-0.3, -0.25) is 0 Å². The van der Waals surface area contributed by atoms with Gasteiger partial charge in [-0.25, -0.2) is 4.52 Å². The molecule has 1 aliphatic rings. The molecule has 0 bridgehead atoms. The standard InChI is InChI=1S/C13H17BrN4/c1-9(2)13(5-6-13)8-15-12-16-11-10(14)4-3-7-18(11)17-12/h3-4,7,9H,5-6,8H2,1-2H3,(H,15,17). The van der Waals surface area contributed by atoms with Crippen molar-refractivity contribution >= 4 is 27.5 Å². The number of hydrogen-bond acceptors (Lipinski definition) is 3. The number of pyridine rings is 1. The number of aromatic nitrogens is 3. The molecule has 2 heterocycles. The predicted octanol–water partition coefficient (Wildman–Crippen LogP) is 3.34. The molecule has 0 radical (unpaired) electrons. The van der Waals surface area contributed by atoms with E-state index in [0.29, 0.717) is 17.3 Å². The summed E-state index contributed by atoms with van der Waals surface area (Å²) in [6, 6.07) is 3.93. The number of rotatable bonds is 4. The lowest BCUT2D eigenvalue weighted by Gasteiger charge is -2.19. The fourth-order valence-corrected chi connectivity index (χ4v) is 2.75. The van der Waals surface area contributed by atoms with E-state index in [1.807, 2.05) is 18.3 Å². The minimum absolute atomic E-state index is 0.467. The molecule has 0 unspecified atom stereocenters. The van der Waals surface area contributed by atoms with E-state index in [0.717, 1.165) is 16.7 Å². The van der Waals surface area contributed by atoms with Crippen LogP contribution in [0.5, 0.6) is 0 Å². The second-order valence-corrected chi connectivity index (χ2v) is 6.28. The molecule has 2 aromatic rings. The van der Waals surface area contributed by atoms with E-state index in [1.165, 1.54) is 12.8 Å². The number of nitrogens with zero attached hydrogens (tertiary/aromatic N) is 3. The Balaban J connectivity index is 1.78. The van der Waals surface area contributed by atoms with Crippen LogP contribution in [0, 0.1) is 11.3 Å². The summed E-state index contributed by atoms with van der Waals surface area (Å²) >= 11 is 3.49. The van der Waals surface area contributed by atoms with Crippen LogP contribution in [0.2, 0.25) is 0 Å². The highest BCUT2D eigenvalue weighted by atomic mass is 79.9. The molecule has 0 saturated heterocycles. The van der Waals surface area contributed by atoms with E-state index in [9.17, 15) is 0 Å². The molecule has 4 nitrogen and oxygen atoms in total. The fraction of sp³-hybridized carbons (Fsp3) is 0.538. The van der Waals surface area contributed by atoms with Gasteiger partial charge in [0.15, 0.2) is 5.65 Å². The smallest absolute Gasteiger partial charge is 0.243 e. The highest BCUT2D eigenvalue weighted by Gasteiger charge is 2.45. The van der Waals surface area contributed by atoms with Crippen molar-refractivity contribution in [1.82, 2.24) is 14.6 Å². The number of nitrogens with one attached hydrogen (secondary N) is 1. The van der Waals surface area contributed by atoms with Gasteiger partial charge in [-0.15, -0.1) is 5.10 Å². The normalized spacial score (nSPS) is 17.3. The first-order chi connectivity index (χ1) is 8.61. The van der Waals surface area contributed by atoms with Gasteiger partial charge in [-0.2, -0.15) is 4.98 Å². The average molecular weight is 309 g/mol. The van der Waals surface area contributed by atoms with Crippen LogP contribution in [-0.4, -0.2) is 21.1 Å². The fourth-order valence-electron chi connectivity index (χ4n) is 2.32. The summed E-state index contributed by atoms with van der Waals surface area (Å²) in [6.45, 7) is 5.56. The van der Waals surface area contributed by atoms with Crippen LogP contribution in [0.4, 0.5) is 5.95 Å². The van der Waals surface area contributed by atoms with E-state index in [4.69, 9.17) is 0 Å². The zero-order chi connectivity index (χ0) is 12.8. The third-order valence-electron chi connectivity index (χ3n) is 4.03. The van der Waals surface area contributed by atoms with Gasteiger partial charge in [-0.05, 0) is 52.2 Å². The summed E-state index contributed by atoms with van der Waals surface area (Å²) in [5.74, 6) is 1.43. The summed E-state index contributed by atoms with van der Waals surface area (Å²) in [7, 11) is 0. The molecule has 0 amide bonds. The Bertz CT molecular complexity index is 571. The molecule has 0 aliphatic heterocycles.